The topological polar surface area (TPSA) is 55.0 Å². The molecular weight excluding hydrogens is 268 g/mol. The maximum atomic E-state index is 5.78. The molecule has 0 amide bonds. The third-order valence-corrected chi connectivity index (χ3v) is 3.71. The molecule has 2 aromatic rings. The van der Waals surface area contributed by atoms with Gasteiger partial charge in [-0.2, -0.15) is 0 Å². The Morgan fingerprint density at radius 1 is 1.30 bits per heavy atom. The number of nitrogens with two attached hydrogens (primary N) is 1. The molecule has 1 unspecified atom stereocenters. The number of hydrogen-bond donors (Lipinski definition) is 1. The van der Waals surface area contributed by atoms with Crippen molar-refractivity contribution in [2.24, 2.45) is 11.7 Å². The minimum Gasteiger partial charge on any atom is -0.388 e. The lowest BCUT2D eigenvalue weighted by Crippen LogP contribution is -2.33. The summed E-state index contributed by atoms with van der Waals surface area (Å²) in [6.07, 6.45) is 4.38. The molecule has 5 heteroatoms. The fourth-order valence-electron chi connectivity index (χ4n) is 2.70. The van der Waals surface area contributed by atoms with E-state index in [1.54, 1.807) is 12.4 Å². The summed E-state index contributed by atoms with van der Waals surface area (Å²) >= 11 is 5.10. The molecule has 0 saturated carbocycles. The van der Waals surface area contributed by atoms with Crippen molar-refractivity contribution < 1.29 is 0 Å². The fraction of sp³-hybridized carbons (Fsp3) is 0.267. The Morgan fingerprint density at radius 2 is 2.05 bits per heavy atom. The number of anilines is 2. The van der Waals surface area contributed by atoms with Gasteiger partial charge in [-0.15, -0.1) is 0 Å². The maximum Gasteiger partial charge on any atom is 0.162 e. The summed E-state index contributed by atoms with van der Waals surface area (Å²) in [6, 6.07) is 8.38. The minimum atomic E-state index is 0.281. The van der Waals surface area contributed by atoms with E-state index in [9.17, 15) is 0 Å². The van der Waals surface area contributed by atoms with Gasteiger partial charge in [0.25, 0.3) is 0 Å². The number of aromatic nitrogens is 2. The minimum absolute atomic E-state index is 0.281. The Labute approximate surface area is 123 Å². The monoisotopic (exact) mass is 284 g/mol. The molecule has 2 heterocycles. The molecule has 0 aliphatic carbocycles. The zero-order valence-corrected chi connectivity index (χ0v) is 12.1. The fourth-order valence-corrected chi connectivity index (χ4v) is 2.84. The third kappa shape index (κ3) is 2.25. The van der Waals surface area contributed by atoms with Crippen LogP contribution in [0.25, 0.3) is 0 Å². The number of rotatable bonds is 2. The van der Waals surface area contributed by atoms with Gasteiger partial charge in [0, 0.05) is 24.6 Å². The van der Waals surface area contributed by atoms with Gasteiger partial charge in [0.15, 0.2) is 5.82 Å². The molecule has 102 valence electrons. The SMILES string of the molecule is CC1Cc2ccccc2N(c2nccnc2C(N)=S)C1. The molecule has 0 saturated heterocycles. The van der Waals surface area contributed by atoms with Gasteiger partial charge in [0.05, 0.1) is 0 Å². The molecule has 1 aliphatic heterocycles. The lowest BCUT2D eigenvalue weighted by atomic mass is 9.94. The Hall–Kier alpha value is -2.01. The molecule has 0 spiro atoms. The first kappa shape index (κ1) is 13.0. The number of thiocarbonyl (C=S) groups is 1. The van der Waals surface area contributed by atoms with Gasteiger partial charge in [-0.05, 0) is 24.0 Å². The van der Waals surface area contributed by atoms with Crippen LogP contribution in [0.1, 0.15) is 18.2 Å². The molecule has 3 rings (SSSR count). The van der Waals surface area contributed by atoms with Crippen molar-refractivity contribution in [1.29, 1.82) is 0 Å². The molecule has 1 atom stereocenters. The van der Waals surface area contributed by atoms with Crippen molar-refractivity contribution in [3.05, 3.63) is 47.9 Å². The summed E-state index contributed by atoms with van der Waals surface area (Å²) in [5, 5.41) is 0. The highest BCUT2D eigenvalue weighted by Gasteiger charge is 2.25. The van der Waals surface area contributed by atoms with E-state index in [1.807, 2.05) is 6.07 Å². The van der Waals surface area contributed by atoms with Crippen LogP contribution in [0.2, 0.25) is 0 Å². The van der Waals surface area contributed by atoms with Crippen LogP contribution in [-0.2, 0) is 6.42 Å². The molecule has 0 bridgehead atoms. The highest BCUT2D eigenvalue weighted by atomic mass is 32.1. The van der Waals surface area contributed by atoms with Crippen molar-refractivity contribution in [2.45, 2.75) is 13.3 Å². The summed E-state index contributed by atoms with van der Waals surface area (Å²) in [4.78, 5) is 11.2. The summed E-state index contributed by atoms with van der Waals surface area (Å²) in [6.45, 7) is 3.13. The second-order valence-electron chi connectivity index (χ2n) is 5.14. The van der Waals surface area contributed by atoms with E-state index in [2.05, 4.69) is 40.0 Å². The van der Waals surface area contributed by atoms with Crippen molar-refractivity contribution in [1.82, 2.24) is 9.97 Å². The first-order valence-corrected chi connectivity index (χ1v) is 7.04. The molecule has 2 N–H and O–H groups in total. The van der Waals surface area contributed by atoms with Crippen LogP contribution in [0.3, 0.4) is 0 Å². The van der Waals surface area contributed by atoms with Crippen LogP contribution in [0.15, 0.2) is 36.7 Å². The maximum absolute atomic E-state index is 5.78. The molecule has 0 radical (unpaired) electrons. The second-order valence-corrected chi connectivity index (χ2v) is 5.58. The summed E-state index contributed by atoms with van der Waals surface area (Å²) in [7, 11) is 0. The first-order valence-electron chi connectivity index (χ1n) is 6.63. The number of benzene rings is 1. The molecular formula is C15H16N4S. The van der Waals surface area contributed by atoms with Gasteiger partial charge < -0.3 is 10.6 Å². The van der Waals surface area contributed by atoms with Gasteiger partial charge in [-0.1, -0.05) is 37.3 Å². The first-order chi connectivity index (χ1) is 9.66. The summed E-state index contributed by atoms with van der Waals surface area (Å²) < 4.78 is 0. The molecule has 1 aromatic heterocycles. The Kier molecular flexibility index (Phi) is 3.36. The lowest BCUT2D eigenvalue weighted by Gasteiger charge is -2.34. The van der Waals surface area contributed by atoms with E-state index < -0.39 is 0 Å². The van der Waals surface area contributed by atoms with Crippen LogP contribution in [0, 0.1) is 5.92 Å². The zero-order valence-electron chi connectivity index (χ0n) is 11.3. The molecule has 1 aromatic carbocycles. The number of para-hydroxylation sites is 1. The lowest BCUT2D eigenvalue weighted by molar-refractivity contribution is 0.559. The quantitative estimate of drug-likeness (QED) is 0.858. The largest absolute Gasteiger partial charge is 0.388 e. The number of hydrogen-bond acceptors (Lipinski definition) is 4. The Bertz CT molecular complexity index is 656. The van der Waals surface area contributed by atoms with Crippen LogP contribution in [0.5, 0.6) is 0 Å². The number of nitrogens with zero attached hydrogens (tertiary/aromatic N) is 3. The predicted octanol–water partition coefficient (Wildman–Crippen LogP) is 2.44. The van der Waals surface area contributed by atoms with Crippen molar-refractivity contribution in [3.8, 4) is 0 Å². The highest BCUT2D eigenvalue weighted by molar-refractivity contribution is 7.80. The second kappa shape index (κ2) is 5.17. The summed E-state index contributed by atoms with van der Waals surface area (Å²) in [5.41, 5.74) is 8.86. The van der Waals surface area contributed by atoms with Gasteiger partial charge in [0.2, 0.25) is 0 Å². The smallest absolute Gasteiger partial charge is 0.162 e. The molecule has 1 aliphatic rings. The average Bonchev–Trinajstić information content (AvgIpc) is 2.46. The van der Waals surface area contributed by atoms with Gasteiger partial charge in [-0.3, -0.25) is 0 Å². The van der Waals surface area contributed by atoms with E-state index in [0.717, 1.165) is 18.8 Å². The third-order valence-electron chi connectivity index (χ3n) is 3.51. The average molecular weight is 284 g/mol. The van der Waals surface area contributed by atoms with Crippen LogP contribution >= 0.6 is 12.2 Å². The molecule has 20 heavy (non-hydrogen) atoms. The van der Waals surface area contributed by atoms with Crippen molar-refractivity contribution >= 4 is 28.7 Å². The Balaban J connectivity index is 2.13. The molecule has 4 nitrogen and oxygen atoms in total. The number of fused-ring (bicyclic) bond motifs is 1. The van der Waals surface area contributed by atoms with Crippen LogP contribution < -0.4 is 10.6 Å². The molecule has 0 fully saturated rings. The van der Waals surface area contributed by atoms with Gasteiger partial charge >= 0.3 is 0 Å². The van der Waals surface area contributed by atoms with E-state index >= 15 is 0 Å². The summed E-state index contributed by atoms with van der Waals surface area (Å²) in [5.74, 6) is 1.30. The highest BCUT2D eigenvalue weighted by Crippen LogP contribution is 2.35. The van der Waals surface area contributed by atoms with Gasteiger partial charge in [-0.25, -0.2) is 9.97 Å². The van der Waals surface area contributed by atoms with E-state index in [0.29, 0.717) is 11.6 Å². The van der Waals surface area contributed by atoms with Gasteiger partial charge in [0.1, 0.15) is 10.7 Å². The van der Waals surface area contributed by atoms with Crippen molar-refractivity contribution in [3.63, 3.8) is 0 Å². The van der Waals surface area contributed by atoms with Crippen molar-refractivity contribution in [2.75, 3.05) is 11.4 Å². The normalized spacial score (nSPS) is 17.6. The van der Waals surface area contributed by atoms with E-state index in [-0.39, 0.29) is 4.99 Å². The Morgan fingerprint density at radius 3 is 2.85 bits per heavy atom. The zero-order chi connectivity index (χ0) is 14.1. The van der Waals surface area contributed by atoms with E-state index in [4.69, 9.17) is 18.0 Å². The van der Waals surface area contributed by atoms with Crippen LogP contribution in [-0.4, -0.2) is 21.5 Å². The van der Waals surface area contributed by atoms with E-state index in [1.165, 1.54) is 11.3 Å². The standard InChI is InChI=1S/C15H16N4S/c1-10-8-11-4-2-3-5-12(11)19(9-10)15-13(14(16)20)17-6-7-18-15/h2-7,10H,8-9H2,1H3,(H2,16,20). The predicted molar refractivity (Wildman–Crippen MR) is 84.2 cm³/mol. The van der Waals surface area contributed by atoms with Crippen LogP contribution in [0.4, 0.5) is 11.5 Å².